The minimum Gasteiger partial charge on any atom is -0.465 e. The van der Waals surface area contributed by atoms with Gasteiger partial charge >= 0.3 is 24.0 Å². The van der Waals surface area contributed by atoms with Crippen LogP contribution < -0.4 is 5.32 Å². The van der Waals surface area contributed by atoms with Crippen LogP contribution in [0.15, 0.2) is 54.7 Å². The van der Waals surface area contributed by atoms with Crippen LogP contribution in [0.1, 0.15) is 26.3 Å². The smallest absolute Gasteiger partial charge is 0.435 e. The molecule has 0 aliphatic rings. The number of nitrogens with one attached hydrogen (secondary N) is 1. The number of alkyl halides is 7. The largest absolute Gasteiger partial charge is 0.465 e. The summed E-state index contributed by atoms with van der Waals surface area (Å²) in [6.07, 6.45) is -11.5. The molecule has 1 amide bonds. The molecule has 1 heterocycles. The van der Waals surface area contributed by atoms with Gasteiger partial charge in [0.2, 0.25) is 0 Å². The lowest BCUT2D eigenvalue weighted by Gasteiger charge is -2.31. The Morgan fingerprint density at radius 2 is 1.42 bits per heavy atom. The summed E-state index contributed by atoms with van der Waals surface area (Å²) in [5.41, 5.74) is -7.93. The number of aromatic nitrogens is 1. The maximum atomic E-state index is 14.7. The van der Waals surface area contributed by atoms with Gasteiger partial charge < -0.3 is 10.1 Å². The number of esters is 1. The fourth-order valence-corrected chi connectivity index (χ4v) is 3.11. The monoisotopic (exact) mass is 474 g/mol. The Kier molecular flexibility index (Phi) is 6.05. The summed E-state index contributed by atoms with van der Waals surface area (Å²) in [7, 11) is 1.16. The highest BCUT2D eigenvalue weighted by Gasteiger charge is 2.74. The highest BCUT2D eigenvalue weighted by atomic mass is 19.4. The van der Waals surface area contributed by atoms with Crippen LogP contribution in [0.5, 0.6) is 0 Å². The first-order chi connectivity index (χ1) is 15.3. The van der Waals surface area contributed by atoms with E-state index in [2.05, 4.69) is 15.0 Å². The van der Waals surface area contributed by atoms with Gasteiger partial charge in [0.05, 0.1) is 23.9 Å². The number of carbonyl (C=O) groups is 2. The minimum atomic E-state index is -6.31. The molecule has 0 aliphatic carbocycles. The molecule has 0 saturated carbocycles. The van der Waals surface area contributed by atoms with Crippen molar-refractivity contribution < 1.29 is 45.1 Å². The second kappa shape index (κ2) is 8.34. The van der Waals surface area contributed by atoms with Crippen LogP contribution in [0.3, 0.4) is 0 Å². The third-order valence-corrected chi connectivity index (χ3v) is 4.74. The Labute approximate surface area is 181 Å². The van der Waals surface area contributed by atoms with Crippen LogP contribution >= 0.6 is 0 Å². The van der Waals surface area contributed by atoms with Crippen molar-refractivity contribution >= 4 is 28.5 Å². The number of hydrogen-bond donors (Lipinski definition) is 1. The van der Waals surface area contributed by atoms with Crippen molar-refractivity contribution in [3.63, 3.8) is 0 Å². The van der Waals surface area contributed by atoms with Gasteiger partial charge in [-0.1, -0.05) is 12.1 Å². The number of nitrogens with zero attached hydrogens (tertiary/aromatic N) is 1. The minimum absolute atomic E-state index is 0.0150. The Balaban J connectivity index is 2.06. The first kappa shape index (κ1) is 24.0. The van der Waals surface area contributed by atoms with Gasteiger partial charge in [-0.15, -0.1) is 0 Å². The molecule has 0 unspecified atom stereocenters. The molecular weight excluding hydrogens is 461 g/mol. The SMILES string of the molecule is COC(=O)c1ccc(C(=O)Nc2ccc(C(F)(C(F)(F)F)C(F)(F)F)c3cccnc23)cc1. The van der Waals surface area contributed by atoms with Crippen LogP contribution in [0, 0.1) is 0 Å². The second-order valence-corrected chi connectivity index (χ2v) is 6.74. The van der Waals surface area contributed by atoms with E-state index in [1.54, 1.807) is 0 Å². The number of methoxy groups -OCH3 is 1. The molecule has 3 aromatic rings. The summed E-state index contributed by atoms with van der Waals surface area (Å²) >= 11 is 0. The average molecular weight is 474 g/mol. The van der Waals surface area contributed by atoms with Crippen LogP contribution in [-0.4, -0.2) is 36.3 Å². The third-order valence-electron chi connectivity index (χ3n) is 4.74. The fourth-order valence-electron chi connectivity index (χ4n) is 3.11. The molecule has 0 spiro atoms. The Bertz CT molecular complexity index is 1190. The van der Waals surface area contributed by atoms with E-state index >= 15 is 0 Å². The predicted octanol–water partition coefficient (Wildman–Crippen LogP) is 5.56. The van der Waals surface area contributed by atoms with E-state index in [0.717, 1.165) is 25.4 Å². The number of carbonyl (C=O) groups excluding carboxylic acids is 2. The van der Waals surface area contributed by atoms with Gasteiger partial charge in [0.25, 0.3) is 5.91 Å². The number of halogens is 7. The number of amides is 1. The summed E-state index contributed by atoms with van der Waals surface area (Å²) in [6.45, 7) is 0. The summed E-state index contributed by atoms with van der Waals surface area (Å²) in [5, 5.41) is 1.53. The molecule has 33 heavy (non-hydrogen) atoms. The lowest BCUT2D eigenvalue weighted by molar-refractivity contribution is -0.348. The van der Waals surface area contributed by atoms with Crippen molar-refractivity contribution in [3.8, 4) is 0 Å². The van der Waals surface area contributed by atoms with E-state index < -0.39 is 46.4 Å². The molecule has 12 heteroatoms. The summed E-state index contributed by atoms with van der Waals surface area (Å²) in [5.74, 6) is -1.46. The maximum absolute atomic E-state index is 14.7. The maximum Gasteiger partial charge on any atom is 0.435 e. The fraction of sp³-hybridized carbons (Fsp3) is 0.190. The molecule has 2 aromatic carbocycles. The molecular formula is C21H13F7N2O3. The Morgan fingerprint density at radius 3 is 1.97 bits per heavy atom. The number of pyridine rings is 1. The highest BCUT2D eigenvalue weighted by Crippen LogP contribution is 2.54. The van der Waals surface area contributed by atoms with Crippen LogP contribution in [0.25, 0.3) is 10.9 Å². The van der Waals surface area contributed by atoms with Gasteiger partial charge in [-0.05, 0) is 36.4 Å². The second-order valence-electron chi connectivity index (χ2n) is 6.74. The van der Waals surface area contributed by atoms with Crippen molar-refractivity contribution in [2.45, 2.75) is 18.0 Å². The molecule has 0 bridgehead atoms. The predicted molar refractivity (Wildman–Crippen MR) is 102 cm³/mol. The lowest BCUT2D eigenvalue weighted by Crippen LogP contribution is -2.50. The number of fused-ring (bicyclic) bond motifs is 1. The van der Waals surface area contributed by atoms with Crippen LogP contribution in [0.4, 0.5) is 36.4 Å². The van der Waals surface area contributed by atoms with E-state index in [1.165, 1.54) is 24.3 Å². The third kappa shape index (κ3) is 4.20. The molecule has 0 atom stereocenters. The average Bonchev–Trinajstić information content (AvgIpc) is 2.76. The number of benzene rings is 2. The first-order valence-corrected chi connectivity index (χ1v) is 9.01. The molecule has 1 N–H and O–H groups in total. The van der Waals surface area contributed by atoms with Crippen molar-refractivity contribution in [1.82, 2.24) is 4.98 Å². The molecule has 0 fully saturated rings. The summed E-state index contributed by atoms with van der Waals surface area (Å²) < 4.78 is 98.6. The standard InChI is InChI=1S/C21H13F7N2O3/c1-33-18(32)12-6-4-11(5-7-12)17(31)30-15-9-8-14(13-3-2-10-29-16(13)15)19(22,20(23,24)25)21(26,27)28/h2-10H,1H3,(H,30,31). The molecule has 0 aliphatic heterocycles. The van der Waals surface area contributed by atoms with Crippen LogP contribution in [-0.2, 0) is 10.4 Å². The topological polar surface area (TPSA) is 68.3 Å². The zero-order valence-corrected chi connectivity index (χ0v) is 16.5. The molecule has 1 aromatic heterocycles. The Hall–Kier alpha value is -3.70. The van der Waals surface area contributed by atoms with Gasteiger partial charge in [0.1, 0.15) is 0 Å². The number of rotatable bonds is 4. The van der Waals surface area contributed by atoms with E-state index in [-0.39, 0.29) is 16.8 Å². The van der Waals surface area contributed by atoms with E-state index in [1.807, 2.05) is 0 Å². The van der Waals surface area contributed by atoms with E-state index in [4.69, 9.17) is 0 Å². The molecule has 5 nitrogen and oxygen atoms in total. The zero-order chi connectivity index (χ0) is 24.6. The van der Waals surface area contributed by atoms with Gasteiger partial charge in [0, 0.05) is 22.7 Å². The summed E-state index contributed by atoms with van der Waals surface area (Å²) in [6, 6.07) is 7.96. The zero-order valence-electron chi connectivity index (χ0n) is 16.5. The number of hydrogen-bond acceptors (Lipinski definition) is 4. The van der Waals surface area contributed by atoms with Gasteiger partial charge in [-0.25, -0.2) is 9.18 Å². The molecule has 3 rings (SSSR count). The van der Waals surface area contributed by atoms with Gasteiger partial charge in [0.15, 0.2) is 0 Å². The highest BCUT2D eigenvalue weighted by molar-refractivity contribution is 6.09. The van der Waals surface area contributed by atoms with E-state index in [9.17, 15) is 40.3 Å². The lowest BCUT2D eigenvalue weighted by atomic mass is 9.90. The normalized spacial score (nSPS) is 12.5. The molecule has 174 valence electrons. The van der Waals surface area contributed by atoms with Crippen molar-refractivity contribution in [3.05, 3.63) is 71.4 Å². The quantitative estimate of drug-likeness (QED) is 0.397. The Morgan fingerprint density at radius 1 is 0.848 bits per heavy atom. The summed E-state index contributed by atoms with van der Waals surface area (Å²) in [4.78, 5) is 27.7. The molecule has 0 saturated heterocycles. The number of ether oxygens (including phenoxy) is 1. The van der Waals surface area contributed by atoms with Crippen molar-refractivity contribution in [2.24, 2.45) is 0 Å². The van der Waals surface area contributed by atoms with Crippen molar-refractivity contribution in [1.29, 1.82) is 0 Å². The van der Waals surface area contributed by atoms with E-state index in [0.29, 0.717) is 12.1 Å². The first-order valence-electron chi connectivity index (χ1n) is 9.01. The van der Waals surface area contributed by atoms with Gasteiger partial charge in [-0.2, -0.15) is 26.3 Å². The van der Waals surface area contributed by atoms with Crippen LogP contribution in [0.2, 0.25) is 0 Å². The molecule has 0 radical (unpaired) electrons. The number of anilines is 1. The van der Waals surface area contributed by atoms with Gasteiger partial charge in [-0.3, -0.25) is 9.78 Å². The van der Waals surface area contributed by atoms with Crippen molar-refractivity contribution in [2.75, 3.05) is 12.4 Å².